The van der Waals surface area contributed by atoms with Gasteiger partial charge in [-0.1, -0.05) is 42.0 Å². The molecule has 0 saturated carbocycles. The molecule has 1 unspecified atom stereocenters. The summed E-state index contributed by atoms with van der Waals surface area (Å²) in [5.74, 6) is -0.172. The van der Waals surface area contributed by atoms with E-state index in [1.165, 1.54) is 11.1 Å². The fourth-order valence-corrected chi connectivity index (χ4v) is 2.94. The number of amides is 3. The zero-order valence-corrected chi connectivity index (χ0v) is 12.1. The molecule has 0 aromatic heterocycles. The lowest BCUT2D eigenvalue weighted by Crippen LogP contribution is -2.53. The lowest BCUT2D eigenvalue weighted by atomic mass is 10.1. The van der Waals surface area contributed by atoms with E-state index in [-0.39, 0.29) is 18.0 Å². The van der Waals surface area contributed by atoms with E-state index in [9.17, 15) is 9.59 Å². The van der Waals surface area contributed by atoms with E-state index in [1.54, 1.807) is 4.90 Å². The molecule has 0 spiro atoms. The van der Waals surface area contributed by atoms with Gasteiger partial charge in [-0.05, 0) is 12.5 Å². The van der Waals surface area contributed by atoms with Gasteiger partial charge in [0.2, 0.25) is 0 Å². The monoisotopic (exact) mass is 285 g/mol. The fourth-order valence-electron chi connectivity index (χ4n) is 2.94. The number of rotatable bonds is 3. The Hall–Kier alpha value is -2.14. The first-order valence-corrected chi connectivity index (χ1v) is 7.19. The number of urea groups is 1. The second-order valence-corrected chi connectivity index (χ2v) is 5.64. The van der Waals surface area contributed by atoms with E-state index < -0.39 is 0 Å². The summed E-state index contributed by atoms with van der Waals surface area (Å²) in [7, 11) is 0. The van der Waals surface area contributed by atoms with E-state index in [1.807, 2.05) is 18.2 Å². The van der Waals surface area contributed by atoms with Crippen molar-refractivity contribution < 1.29 is 9.59 Å². The lowest BCUT2D eigenvalue weighted by molar-refractivity contribution is -0.122. The van der Waals surface area contributed by atoms with Crippen molar-refractivity contribution in [3.8, 4) is 0 Å². The van der Waals surface area contributed by atoms with Crippen LogP contribution in [0.2, 0.25) is 0 Å². The zero-order chi connectivity index (χ0) is 14.8. The molecule has 0 aliphatic carbocycles. The van der Waals surface area contributed by atoms with E-state index in [0.717, 1.165) is 13.1 Å². The number of imide groups is 1. The molecule has 2 heterocycles. The van der Waals surface area contributed by atoms with Gasteiger partial charge in [0.05, 0.1) is 0 Å². The summed E-state index contributed by atoms with van der Waals surface area (Å²) in [4.78, 5) is 27.1. The highest BCUT2D eigenvalue weighted by Crippen LogP contribution is 2.17. The smallest absolute Gasteiger partial charge is 0.310 e. The van der Waals surface area contributed by atoms with Crippen molar-refractivity contribution >= 4 is 18.0 Å². The third-order valence-electron chi connectivity index (χ3n) is 3.94. The number of benzene rings is 1. The molecule has 2 saturated heterocycles. The van der Waals surface area contributed by atoms with Gasteiger partial charge < -0.3 is 4.90 Å². The van der Waals surface area contributed by atoms with E-state index in [0.29, 0.717) is 13.1 Å². The van der Waals surface area contributed by atoms with E-state index in [2.05, 4.69) is 35.3 Å². The van der Waals surface area contributed by atoms with Gasteiger partial charge in [0.1, 0.15) is 6.04 Å². The number of piperazine rings is 1. The predicted molar refractivity (Wildman–Crippen MR) is 80.6 cm³/mol. The first-order valence-electron chi connectivity index (χ1n) is 7.19. The van der Waals surface area contributed by atoms with Crippen molar-refractivity contribution in [2.24, 2.45) is 0 Å². The number of hydrogen-bond donors (Lipinski definition) is 1. The molecule has 2 fully saturated rings. The Morgan fingerprint density at radius 3 is 2.81 bits per heavy atom. The highest BCUT2D eigenvalue weighted by Gasteiger charge is 2.41. The maximum atomic E-state index is 11.7. The van der Waals surface area contributed by atoms with Crippen LogP contribution in [0.1, 0.15) is 12.5 Å². The Morgan fingerprint density at radius 2 is 2.05 bits per heavy atom. The average molecular weight is 285 g/mol. The number of carbonyl (C=O) groups is 2. The molecule has 1 aromatic rings. The zero-order valence-electron chi connectivity index (χ0n) is 12.1. The lowest BCUT2D eigenvalue weighted by Gasteiger charge is -2.35. The van der Waals surface area contributed by atoms with Crippen LogP contribution in [0.25, 0.3) is 6.08 Å². The number of fused-ring (bicyclic) bond motifs is 1. The molecule has 1 atom stereocenters. The molecule has 21 heavy (non-hydrogen) atoms. The Morgan fingerprint density at radius 1 is 1.29 bits per heavy atom. The summed E-state index contributed by atoms with van der Waals surface area (Å²) in [6.45, 7) is 4.94. The third-order valence-corrected chi connectivity index (χ3v) is 3.94. The molecule has 110 valence electrons. The minimum Gasteiger partial charge on any atom is -0.310 e. The van der Waals surface area contributed by atoms with Crippen LogP contribution in [0.3, 0.4) is 0 Å². The molecule has 0 bridgehead atoms. The fraction of sp³-hybridized carbons (Fsp3) is 0.375. The maximum Gasteiger partial charge on any atom is 0.324 e. The van der Waals surface area contributed by atoms with Gasteiger partial charge >= 0.3 is 6.03 Å². The van der Waals surface area contributed by atoms with Crippen molar-refractivity contribution in [3.63, 3.8) is 0 Å². The van der Waals surface area contributed by atoms with Crippen molar-refractivity contribution in [1.82, 2.24) is 15.1 Å². The molecule has 2 aliphatic rings. The Labute approximate surface area is 124 Å². The van der Waals surface area contributed by atoms with Crippen LogP contribution >= 0.6 is 0 Å². The molecule has 2 aliphatic heterocycles. The largest absolute Gasteiger partial charge is 0.324 e. The minimum absolute atomic E-state index is 0.172. The molecule has 1 N–H and O–H groups in total. The van der Waals surface area contributed by atoms with Crippen LogP contribution in [-0.2, 0) is 4.79 Å². The van der Waals surface area contributed by atoms with Crippen LogP contribution < -0.4 is 5.32 Å². The highest BCUT2D eigenvalue weighted by atomic mass is 16.2. The second kappa shape index (κ2) is 5.69. The van der Waals surface area contributed by atoms with Gasteiger partial charge in [-0.3, -0.25) is 15.0 Å². The molecular weight excluding hydrogens is 266 g/mol. The predicted octanol–water partition coefficient (Wildman–Crippen LogP) is 1.33. The van der Waals surface area contributed by atoms with Gasteiger partial charge in [-0.2, -0.15) is 0 Å². The summed E-state index contributed by atoms with van der Waals surface area (Å²) in [6.07, 6.45) is 2.16. The van der Waals surface area contributed by atoms with Gasteiger partial charge in [-0.25, -0.2) is 4.79 Å². The molecule has 0 radical (unpaired) electrons. The van der Waals surface area contributed by atoms with E-state index >= 15 is 0 Å². The first kappa shape index (κ1) is 13.8. The molecule has 5 heteroatoms. The summed E-state index contributed by atoms with van der Waals surface area (Å²) in [5, 5.41) is 2.38. The van der Waals surface area contributed by atoms with Crippen LogP contribution in [0.5, 0.6) is 0 Å². The van der Waals surface area contributed by atoms with Gasteiger partial charge in [0.25, 0.3) is 5.91 Å². The topological polar surface area (TPSA) is 52.6 Å². The van der Waals surface area contributed by atoms with Gasteiger partial charge in [-0.15, -0.1) is 0 Å². The number of nitrogens with one attached hydrogen (secondary N) is 1. The molecule has 1 aromatic carbocycles. The third kappa shape index (κ3) is 2.97. The van der Waals surface area contributed by atoms with Crippen molar-refractivity contribution in [3.05, 3.63) is 41.5 Å². The molecule has 5 nitrogen and oxygen atoms in total. The molecule has 3 amide bonds. The average Bonchev–Trinajstić information content (AvgIpc) is 2.74. The summed E-state index contributed by atoms with van der Waals surface area (Å²) >= 11 is 0. The number of carbonyl (C=O) groups excluding carboxylic acids is 2. The summed E-state index contributed by atoms with van der Waals surface area (Å²) in [5.41, 5.74) is 2.43. The minimum atomic E-state index is -0.323. The maximum absolute atomic E-state index is 11.7. The normalized spacial score (nSPS) is 23.2. The molecule has 3 rings (SSSR count). The van der Waals surface area contributed by atoms with Crippen LogP contribution in [0.15, 0.2) is 35.9 Å². The Bertz CT molecular complexity index is 582. The van der Waals surface area contributed by atoms with Crippen LogP contribution in [0.4, 0.5) is 4.79 Å². The second-order valence-electron chi connectivity index (χ2n) is 5.64. The SMILES string of the molecule is C/C(=C\c1ccccc1)CN1CCN2C(=O)NC(=O)C2C1. The molecular formula is C16H19N3O2. The van der Waals surface area contributed by atoms with Gasteiger partial charge in [0.15, 0.2) is 0 Å². The highest BCUT2D eigenvalue weighted by molar-refractivity contribution is 6.04. The Kier molecular flexibility index (Phi) is 3.75. The summed E-state index contributed by atoms with van der Waals surface area (Å²) in [6, 6.07) is 9.62. The van der Waals surface area contributed by atoms with Crippen molar-refractivity contribution in [2.75, 3.05) is 26.2 Å². The van der Waals surface area contributed by atoms with Crippen LogP contribution in [0, 0.1) is 0 Å². The van der Waals surface area contributed by atoms with E-state index in [4.69, 9.17) is 0 Å². The Balaban J connectivity index is 1.63. The standard InChI is InChI=1S/C16H19N3O2/c1-12(9-13-5-3-2-4-6-13)10-18-7-8-19-14(11-18)15(20)17-16(19)21/h2-6,9,14H,7-8,10-11H2,1H3,(H,17,20,21)/b12-9+. The summed E-state index contributed by atoms with van der Waals surface area (Å²) < 4.78 is 0. The quantitative estimate of drug-likeness (QED) is 0.852. The first-order chi connectivity index (χ1) is 10.1. The number of hydrogen-bond acceptors (Lipinski definition) is 3. The van der Waals surface area contributed by atoms with Crippen molar-refractivity contribution in [1.29, 1.82) is 0 Å². The van der Waals surface area contributed by atoms with Crippen molar-refractivity contribution in [2.45, 2.75) is 13.0 Å². The van der Waals surface area contributed by atoms with Gasteiger partial charge in [0, 0.05) is 26.2 Å². The van der Waals surface area contributed by atoms with Crippen LogP contribution in [-0.4, -0.2) is 54.0 Å². The number of nitrogens with zero attached hydrogens (tertiary/aromatic N) is 2.